The van der Waals surface area contributed by atoms with Gasteiger partial charge in [0, 0.05) is 12.1 Å². The first kappa shape index (κ1) is 14.5. The van der Waals surface area contributed by atoms with E-state index in [2.05, 4.69) is 5.32 Å². The number of benzene rings is 2. The molecule has 1 N–H and O–H groups in total. The van der Waals surface area contributed by atoms with Crippen LogP contribution in [0.3, 0.4) is 0 Å². The van der Waals surface area contributed by atoms with E-state index in [0.717, 1.165) is 17.7 Å². The van der Waals surface area contributed by atoms with Crippen molar-refractivity contribution in [3.8, 4) is 16.9 Å². The van der Waals surface area contributed by atoms with Crippen LogP contribution in [0.4, 0.5) is 8.78 Å². The second-order valence-corrected chi connectivity index (χ2v) is 4.43. The highest BCUT2D eigenvalue weighted by atomic mass is 19.1. The maximum Gasteiger partial charge on any atom is 0.126 e. The standard InChI is InChI=1S/C16H17F2NO/c1-3-19-10-11-8-12(17)4-6-14(11)15-9-13(18)5-7-16(15)20-2/h4-9,19H,3,10H2,1-2H3. The number of halogens is 2. The minimum absolute atomic E-state index is 0.308. The average Bonchev–Trinajstić information content (AvgIpc) is 2.45. The zero-order valence-electron chi connectivity index (χ0n) is 11.5. The van der Waals surface area contributed by atoms with Crippen molar-refractivity contribution in [1.29, 1.82) is 0 Å². The van der Waals surface area contributed by atoms with Gasteiger partial charge < -0.3 is 10.1 Å². The fourth-order valence-electron chi connectivity index (χ4n) is 2.12. The Bertz CT molecular complexity index is 599. The van der Waals surface area contributed by atoms with Crippen LogP contribution < -0.4 is 10.1 Å². The van der Waals surface area contributed by atoms with Crippen LogP contribution in [-0.2, 0) is 6.54 Å². The van der Waals surface area contributed by atoms with E-state index in [1.807, 2.05) is 6.92 Å². The summed E-state index contributed by atoms with van der Waals surface area (Å²) in [5.74, 6) is -0.0905. The second-order valence-electron chi connectivity index (χ2n) is 4.43. The summed E-state index contributed by atoms with van der Waals surface area (Å²) in [5, 5.41) is 3.15. The monoisotopic (exact) mass is 277 g/mol. The van der Waals surface area contributed by atoms with Crippen molar-refractivity contribution in [3.63, 3.8) is 0 Å². The third-order valence-electron chi connectivity index (χ3n) is 3.08. The first-order chi connectivity index (χ1) is 9.65. The van der Waals surface area contributed by atoms with Crippen LogP contribution in [0.5, 0.6) is 5.75 Å². The van der Waals surface area contributed by atoms with Gasteiger partial charge in [0.2, 0.25) is 0 Å². The molecule has 0 amide bonds. The minimum Gasteiger partial charge on any atom is -0.496 e. The van der Waals surface area contributed by atoms with Crippen molar-refractivity contribution in [2.24, 2.45) is 0 Å². The van der Waals surface area contributed by atoms with E-state index in [-0.39, 0.29) is 11.6 Å². The highest BCUT2D eigenvalue weighted by Gasteiger charge is 2.12. The molecule has 2 rings (SSSR count). The number of hydrogen-bond acceptors (Lipinski definition) is 2. The minimum atomic E-state index is -0.348. The maximum atomic E-state index is 13.5. The molecule has 0 spiro atoms. The fourth-order valence-corrected chi connectivity index (χ4v) is 2.12. The zero-order chi connectivity index (χ0) is 14.5. The Morgan fingerprint density at radius 1 is 1.00 bits per heavy atom. The molecule has 2 aromatic carbocycles. The predicted molar refractivity (Wildman–Crippen MR) is 75.7 cm³/mol. The predicted octanol–water partition coefficient (Wildman–Crippen LogP) is 3.75. The third kappa shape index (κ3) is 3.14. The van der Waals surface area contributed by atoms with Crippen LogP contribution in [0.2, 0.25) is 0 Å². The lowest BCUT2D eigenvalue weighted by molar-refractivity contribution is 0.415. The normalized spacial score (nSPS) is 10.6. The van der Waals surface area contributed by atoms with Crippen molar-refractivity contribution in [2.45, 2.75) is 13.5 Å². The first-order valence-electron chi connectivity index (χ1n) is 6.48. The molecule has 0 aliphatic carbocycles. The molecule has 20 heavy (non-hydrogen) atoms. The van der Waals surface area contributed by atoms with Crippen molar-refractivity contribution in [2.75, 3.05) is 13.7 Å². The molecule has 0 saturated carbocycles. The molecule has 0 aliphatic rings. The molecule has 0 radical (unpaired) electrons. The van der Waals surface area contributed by atoms with Crippen LogP contribution in [-0.4, -0.2) is 13.7 Å². The highest BCUT2D eigenvalue weighted by Crippen LogP contribution is 2.33. The summed E-state index contributed by atoms with van der Waals surface area (Å²) in [6, 6.07) is 8.80. The van der Waals surface area contributed by atoms with Crippen molar-refractivity contribution < 1.29 is 13.5 Å². The molecule has 2 nitrogen and oxygen atoms in total. The lowest BCUT2D eigenvalue weighted by Crippen LogP contribution is -2.12. The Hall–Kier alpha value is -1.94. The van der Waals surface area contributed by atoms with Gasteiger partial charge >= 0.3 is 0 Å². The molecular weight excluding hydrogens is 260 g/mol. The number of methoxy groups -OCH3 is 1. The van der Waals surface area contributed by atoms with Crippen LogP contribution in [0.1, 0.15) is 12.5 Å². The van der Waals surface area contributed by atoms with Gasteiger partial charge in [0.25, 0.3) is 0 Å². The van der Waals surface area contributed by atoms with E-state index in [0.29, 0.717) is 17.9 Å². The molecule has 0 bridgehead atoms. The zero-order valence-corrected chi connectivity index (χ0v) is 11.5. The van der Waals surface area contributed by atoms with E-state index >= 15 is 0 Å². The number of nitrogens with one attached hydrogen (secondary N) is 1. The van der Waals surface area contributed by atoms with E-state index in [1.54, 1.807) is 12.1 Å². The highest BCUT2D eigenvalue weighted by molar-refractivity contribution is 5.73. The molecule has 2 aromatic rings. The molecule has 0 aromatic heterocycles. The van der Waals surface area contributed by atoms with Crippen molar-refractivity contribution in [1.82, 2.24) is 5.32 Å². The average molecular weight is 277 g/mol. The molecule has 0 atom stereocenters. The molecule has 0 saturated heterocycles. The molecule has 0 unspecified atom stereocenters. The summed E-state index contributed by atoms with van der Waals surface area (Å²) in [6.07, 6.45) is 0. The lowest BCUT2D eigenvalue weighted by Gasteiger charge is -2.14. The van der Waals surface area contributed by atoms with Gasteiger partial charge in [-0.2, -0.15) is 0 Å². The van der Waals surface area contributed by atoms with Gasteiger partial charge in [0.15, 0.2) is 0 Å². The Labute approximate surface area is 117 Å². The Kier molecular flexibility index (Phi) is 4.69. The van der Waals surface area contributed by atoms with Crippen molar-refractivity contribution in [3.05, 3.63) is 53.6 Å². The summed E-state index contributed by atoms with van der Waals surface area (Å²) in [5.41, 5.74) is 2.17. The largest absolute Gasteiger partial charge is 0.496 e. The second kappa shape index (κ2) is 6.48. The number of ether oxygens (including phenoxy) is 1. The smallest absolute Gasteiger partial charge is 0.126 e. The van der Waals surface area contributed by atoms with Gasteiger partial charge in [-0.25, -0.2) is 8.78 Å². The van der Waals surface area contributed by atoms with Crippen LogP contribution in [0.25, 0.3) is 11.1 Å². The van der Waals surface area contributed by atoms with Gasteiger partial charge in [0.05, 0.1) is 7.11 Å². The Morgan fingerprint density at radius 2 is 1.70 bits per heavy atom. The van der Waals surface area contributed by atoms with Gasteiger partial charge in [-0.3, -0.25) is 0 Å². The molecule has 106 valence electrons. The van der Waals surface area contributed by atoms with Gasteiger partial charge in [-0.05, 0) is 48.0 Å². The summed E-state index contributed by atoms with van der Waals surface area (Å²) in [7, 11) is 1.53. The van der Waals surface area contributed by atoms with Crippen LogP contribution in [0.15, 0.2) is 36.4 Å². The van der Waals surface area contributed by atoms with E-state index in [4.69, 9.17) is 4.74 Å². The van der Waals surface area contributed by atoms with E-state index in [9.17, 15) is 8.78 Å². The van der Waals surface area contributed by atoms with Gasteiger partial charge in [0.1, 0.15) is 17.4 Å². The molecule has 4 heteroatoms. The van der Waals surface area contributed by atoms with E-state index in [1.165, 1.54) is 31.4 Å². The van der Waals surface area contributed by atoms with Gasteiger partial charge in [-0.15, -0.1) is 0 Å². The molecule has 0 heterocycles. The topological polar surface area (TPSA) is 21.3 Å². The van der Waals surface area contributed by atoms with Crippen LogP contribution >= 0.6 is 0 Å². The molecule has 0 aliphatic heterocycles. The molecular formula is C16H17F2NO. The van der Waals surface area contributed by atoms with Gasteiger partial charge in [-0.1, -0.05) is 13.0 Å². The molecule has 0 fully saturated rings. The maximum absolute atomic E-state index is 13.5. The first-order valence-corrected chi connectivity index (χ1v) is 6.48. The van der Waals surface area contributed by atoms with Crippen LogP contribution in [0, 0.1) is 11.6 Å². The lowest BCUT2D eigenvalue weighted by atomic mass is 9.98. The van der Waals surface area contributed by atoms with E-state index < -0.39 is 0 Å². The SMILES string of the molecule is CCNCc1cc(F)ccc1-c1cc(F)ccc1OC. The number of rotatable bonds is 5. The summed E-state index contributed by atoms with van der Waals surface area (Å²) in [6.45, 7) is 3.27. The Morgan fingerprint density at radius 3 is 2.40 bits per heavy atom. The Balaban J connectivity index is 2.53. The third-order valence-corrected chi connectivity index (χ3v) is 3.08. The fraction of sp³-hybridized carbons (Fsp3) is 0.250. The number of hydrogen-bond donors (Lipinski definition) is 1. The van der Waals surface area contributed by atoms with Crippen molar-refractivity contribution >= 4 is 0 Å². The summed E-state index contributed by atoms with van der Waals surface area (Å²) >= 11 is 0. The summed E-state index contributed by atoms with van der Waals surface area (Å²) in [4.78, 5) is 0. The summed E-state index contributed by atoms with van der Waals surface area (Å²) < 4.78 is 32.2. The quantitative estimate of drug-likeness (QED) is 0.898.